The van der Waals surface area contributed by atoms with Crippen molar-refractivity contribution in [3.63, 3.8) is 0 Å². The molecule has 1 N–H and O–H groups in total. The lowest BCUT2D eigenvalue weighted by Crippen LogP contribution is -2.56. The molecule has 0 radical (unpaired) electrons. The minimum absolute atomic E-state index is 0.240. The molecular weight excluding hydrogens is 198 g/mol. The first-order valence-corrected chi connectivity index (χ1v) is 6.49. The molecule has 2 atom stereocenters. The number of rotatable bonds is 3. The molecule has 1 rings (SSSR count). The Bertz CT molecular complexity index is 198. The van der Waals surface area contributed by atoms with Gasteiger partial charge in [0.1, 0.15) is 0 Å². The van der Waals surface area contributed by atoms with Gasteiger partial charge in [0.25, 0.3) is 0 Å². The monoisotopic (exact) mass is 227 g/mol. The zero-order valence-corrected chi connectivity index (χ0v) is 11.9. The van der Waals surface area contributed by atoms with Gasteiger partial charge in [0, 0.05) is 43.8 Å². The van der Waals surface area contributed by atoms with Crippen LogP contribution in [0.15, 0.2) is 0 Å². The summed E-state index contributed by atoms with van der Waals surface area (Å²) in [5.74, 6) is 0. The molecule has 0 amide bonds. The van der Waals surface area contributed by atoms with Crippen LogP contribution in [0.3, 0.4) is 0 Å². The molecule has 16 heavy (non-hydrogen) atoms. The molecule has 1 heterocycles. The zero-order valence-electron chi connectivity index (χ0n) is 11.9. The first-order chi connectivity index (χ1) is 7.29. The van der Waals surface area contributed by atoms with Crippen molar-refractivity contribution >= 4 is 0 Å². The van der Waals surface area contributed by atoms with Gasteiger partial charge >= 0.3 is 0 Å². The van der Waals surface area contributed by atoms with Crippen molar-refractivity contribution < 1.29 is 0 Å². The average Bonchev–Trinajstić information content (AvgIpc) is 2.12. The Labute approximate surface area is 101 Å². The summed E-state index contributed by atoms with van der Waals surface area (Å²) in [7, 11) is 2.24. The third kappa shape index (κ3) is 4.40. The Morgan fingerprint density at radius 3 is 2.06 bits per heavy atom. The first-order valence-electron chi connectivity index (χ1n) is 6.49. The third-order valence-corrected chi connectivity index (χ3v) is 3.52. The van der Waals surface area contributed by atoms with Crippen LogP contribution in [0.1, 0.15) is 34.6 Å². The normalized spacial score (nSPS) is 29.6. The van der Waals surface area contributed by atoms with Crippen LogP contribution >= 0.6 is 0 Å². The molecular formula is C13H29N3. The van der Waals surface area contributed by atoms with Gasteiger partial charge in [0.05, 0.1) is 0 Å². The van der Waals surface area contributed by atoms with E-state index in [1.165, 1.54) is 19.6 Å². The topological polar surface area (TPSA) is 18.5 Å². The standard InChI is InChI=1S/C13H29N3/c1-11-9-16(10-12(2)15(11)6)8-7-14-13(3,4)5/h11-12,14H,7-10H2,1-6H3. The SMILES string of the molecule is CC1CN(CCNC(C)(C)C)CC(C)N1C. The van der Waals surface area contributed by atoms with Crippen LogP contribution in [0.2, 0.25) is 0 Å². The lowest BCUT2D eigenvalue weighted by molar-refractivity contribution is 0.0598. The molecule has 2 unspecified atom stereocenters. The maximum atomic E-state index is 3.55. The molecule has 0 saturated carbocycles. The minimum Gasteiger partial charge on any atom is -0.311 e. The molecule has 1 aliphatic rings. The molecule has 3 heteroatoms. The van der Waals surface area contributed by atoms with E-state index < -0.39 is 0 Å². The maximum Gasteiger partial charge on any atom is 0.0195 e. The van der Waals surface area contributed by atoms with E-state index >= 15 is 0 Å². The molecule has 96 valence electrons. The first kappa shape index (κ1) is 13.9. The quantitative estimate of drug-likeness (QED) is 0.786. The van der Waals surface area contributed by atoms with E-state index in [2.05, 4.69) is 56.8 Å². The molecule has 1 fully saturated rings. The van der Waals surface area contributed by atoms with Crippen molar-refractivity contribution in [3.05, 3.63) is 0 Å². The number of hydrogen-bond acceptors (Lipinski definition) is 3. The zero-order chi connectivity index (χ0) is 12.3. The summed E-state index contributed by atoms with van der Waals surface area (Å²) in [6.07, 6.45) is 0. The fraction of sp³-hybridized carbons (Fsp3) is 1.00. The molecule has 0 aromatic rings. The summed E-state index contributed by atoms with van der Waals surface area (Å²) in [5, 5.41) is 3.55. The van der Waals surface area contributed by atoms with Crippen LogP contribution in [0.4, 0.5) is 0 Å². The highest BCUT2D eigenvalue weighted by Gasteiger charge is 2.26. The second-order valence-corrected chi connectivity index (χ2v) is 6.30. The van der Waals surface area contributed by atoms with Gasteiger partial charge in [-0.3, -0.25) is 9.80 Å². The summed E-state index contributed by atoms with van der Waals surface area (Å²) < 4.78 is 0. The largest absolute Gasteiger partial charge is 0.311 e. The lowest BCUT2D eigenvalue weighted by atomic mass is 10.1. The van der Waals surface area contributed by atoms with Gasteiger partial charge in [0.15, 0.2) is 0 Å². The molecule has 0 aliphatic carbocycles. The molecule has 1 saturated heterocycles. The summed E-state index contributed by atoms with van der Waals surface area (Å²) >= 11 is 0. The van der Waals surface area contributed by atoms with Crippen LogP contribution < -0.4 is 5.32 Å². The second-order valence-electron chi connectivity index (χ2n) is 6.30. The van der Waals surface area contributed by atoms with E-state index in [4.69, 9.17) is 0 Å². The van der Waals surface area contributed by atoms with E-state index in [1.807, 2.05) is 0 Å². The highest BCUT2D eigenvalue weighted by atomic mass is 15.3. The van der Waals surface area contributed by atoms with Gasteiger partial charge in [0.2, 0.25) is 0 Å². The number of likely N-dealkylation sites (N-methyl/N-ethyl adjacent to an activating group) is 1. The van der Waals surface area contributed by atoms with E-state index in [-0.39, 0.29) is 5.54 Å². The predicted molar refractivity (Wildman–Crippen MR) is 70.9 cm³/mol. The summed E-state index contributed by atoms with van der Waals surface area (Å²) in [4.78, 5) is 5.06. The van der Waals surface area contributed by atoms with Crippen molar-refractivity contribution in [2.75, 3.05) is 33.2 Å². The van der Waals surface area contributed by atoms with Crippen LogP contribution in [0, 0.1) is 0 Å². The van der Waals surface area contributed by atoms with E-state index in [1.54, 1.807) is 0 Å². The van der Waals surface area contributed by atoms with Gasteiger partial charge in [-0.05, 0) is 41.7 Å². The predicted octanol–water partition coefficient (Wildman–Crippen LogP) is 1.40. The van der Waals surface area contributed by atoms with Crippen molar-refractivity contribution in [2.24, 2.45) is 0 Å². The van der Waals surface area contributed by atoms with E-state index in [0.29, 0.717) is 12.1 Å². The minimum atomic E-state index is 0.240. The molecule has 0 aromatic heterocycles. The Morgan fingerprint density at radius 1 is 1.12 bits per heavy atom. The average molecular weight is 227 g/mol. The van der Waals surface area contributed by atoms with E-state index in [0.717, 1.165) is 6.54 Å². The summed E-state index contributed by atoms with van der Waals surface area (Å²) in [5.41, 5.74) is 0.240. The number of nitrogens with one attached hydrogen (secondary N) is 1. The molecule has 1 aliphatic heterocycles. The highest BCUT2D eigenvalue weighted by molar-refractivity contribution is 4.83. The molecule has 0 spiro atoms. The number of hydrogen-bond donors (Lipinski definition) is 1. The fourth-order valence-electron chi connectivity index (χ4n) is 2.29. The Hall–Kier alpha value is -0.120. The lowest BCUT2D eigenvalue weighted by Gasteiger charge is -2.42. The molecule has 0 aromatic carbocycles. The van der Waals surface area contributed by atoms with Gasteiger partial charge in [-0.1, -0.05) is 0 Å². The Kier molecular flexibility index (Phi) is 4.77. The Balaban J connectivity index is 2.28. The van der Waals surface area contributed by atoms with Crippen LogP contribution in [-0.4, -0.2) is 60.6 Å². The third-order valence-electron chi connectivity index (χ3n) is 3.52. The van der Waals surface area contributed by atoms with E-state index in [9.17, 15) is 0 Å². The summed E-state index contributed by atoms with van der Waals surface area (Å²) in [6.45, 7) is 16.0. The van der Waals surface area contributed by atoms with Gasteiger partial charge in [-0.25, -0.2) is 0 Å². The van der Waals surface area contributed by atoms with Crippen molar-refractivity contribution in [1.82, 2.24) is 15.1 Å². The summed E-state index contributed by atoms with van der Waals surface area (Å²) in [6, 6.07) is 1.36. The molecule has 3 nitrogen and oxygen atoms in total. The van der Waals surface area contributed by atoms with Crippen molar-refractivity contribution in [1.29, 1.82) is 0 Å². The highest BCUT2D eigenvalue weighted by Crippen LogP contribution is 2.12. The fourth-order valence-corrected chi connectivity index (χ4v) is 2.29. The number of nitrogens with zero attached hydrogens (tertiary/aromatic N) is 2. The van der Waals surface area contributed by atoms with Gasteiger partial charge in [-0.15, -0.1) is 0 Å². The van der Waals surface area contributed by atoms with Gasteiger partial charge < -0.3 is 5.32 Å². The molecule has 0 bridgehead atoms. The van der Waals surface area contributed by atoms with Crippen LogP contribution in [0.5, 0.6) is 0 Å². The maximum absolute atomic E-state index is 3.55. The second kappa shape index (κ2) is 5.48. The Morgan fingerprint density at radius 2 is 1.62 bits per heavy atom. The van der Waals surface area contributed by atoms with Crippen molar-refractivity contribution in [2.45, 2.75) is 52.2 Å². The number of piperazine rings is 1. The van der Waals surface area contributed by atoms with Gasteiger partial charge in [-0.2, -0.15) is 0 Å². The van der Waals surface area contributed by atoms with Crippen molar-refractivity contribution in [3.8, 4) is 0 Å². The smallest absolute Gasteiger partial charge is 0.0195 e. The van der Waals surface area contributed by atoms with Crippen LogP contribution in [-0.2, 0) is 0 Å². The van der Waals surface area contributed by atoms with Crippen LogP contribution in [0.25, 0.3) is 0 Å².